The summed E-state index contributed by atoms with van der Waals surface area (Å²) in [5.74, 6) is -1.03. The van der Waals surface area contributed by atoms with E-state index in [0.29, 0.717) is 9.88 Å². The summed E-state index contributed by atoms with van der Waals surface area (Å²) in [5.41, 5.74) is 1.00. The number of rotatable bonds is 4. The average molecular weight is 409 g/mol. The van der Waals surface area contributed by atoms with Gasteiger partial charge in [-0.05, 0) is 49.6 Å². The smallest absolute Gasteiger partial charge is 0.261 e. The zero-order chi connectivity index (χ0) is 19.4. The van der Waals surface area contributed by atoms with Crippen LogP contribution in [0.25, 0.3) is 0 Å². The number of carbonyl (C=O) groups is 2. The summed E-state index contributed by atoms with van der Waals surface area (Å²) in [5, 5.41) is 6.47. The highest BCUT2D eigenvalue weighted by molar-refractivity contribution is 7.18. The first kappa shape index (κ1) is 19.8. The Hall–Kier alpha value is -1.92. The first-order valence-corrected chi connectivity index (χ1v) is 10.3. The molecule has 0 aliphatic heterocycles. The van der Waals surface area contributed by atoms with Crippen molar-refractivity contribution in [1.29, 1.82) is 0 Å². The minimum absolute atomic E-state index is 0.0482. The fraction of sp³-hybridized carbons (Fsp3) is 0.400. The van der Waals surface area contributed by atoms with E-state index in [9.17, 15) is 14.0 Å². The molecule has 2 N–H and O–H groups in total. The molecule has 0 spiro atoms. The Labute approximate surface area is 167 Å². The molecule has 2 aromatic rings. The van der Waals surface area contributed by atoms with Crippen LogP contribution in [0.15, 0.2) is 24.3 Å². The summed E-state index contributed by atoms with van der Waals surface area (Å²) in [6, 6.07) is 5.61. The van der Waals surface area contributed by atoms with Gasteiger partial charge in [0.1, 0.15) is 5.82 Å². The summed E-state index contributed by atoms with van der Waals surface area (Å²) in [7, 11) is 0. The van der Waals surface area contributed by atoms with Gasteiger partial charge in [-0.25, -0.2) is 4.39 Å². The van der Waals surface area contributed by atoms with Crippen LogP contribution in [0.5, 0.6) is 0 Å². The summed E-state index contributed by atoms with van der Waals surface area (Å²) in [6.07, 6.45) is 6.78. The summed E-state index contributed by atoms with van der Waals surface area (Å²) in [4.78, 5) is 25.6. The maximum atomic E-state index is 13.1. The van der Waals surface area contributed by atoms with Crippen molar-refractivity contribution in [3.63, 3.8) is 0 Å². The van der Waals surface area contributed by atoms with Crippen LogP contribution in [0.4, 0.5) is 9.39 Å². The molecule has 3 rings (SSSR count). The van der Waals surface area contributed by atoms with Crippen LogP contribution in [0.3, 0.4) is 0 Å². The van der Waals surface area contributed by atoms with E-state index in [1.165, 1.54) is 36.3 Å². The highest BCUT2D eigenvalue weighted by Crippen LogP contribution is 2.28. The molecular weight excluding hydrogens is 387 g/mol. The van der Waals surface area contributed by atoms with Crippen molar-refractivity contribution < 1.29 is 14.0 Å². The van der Waals surface area contributed by atoms with Crippen molar-refractivity contribution >= 4 is 39.8 Å². The molecule has 0 atom stereocenters. The predicted molar refractivity (Wildman–Crippen MR) is 107 cm³/mol. The molecule has 27 heavy (non-hydrogen) atoms. The summed E-state index contributed by atoms with van der Waals surface area (Å²) >= 11 is 7.17. The number of benzene rings is 1. The minimum atomic E-state index is -0.499. The van der Waals surface area contributed by atoms with Crippen molar-refractivity contribution in [2.45, 2.75) is 51.5 Å². The molecule has 1 saturated carbocycles. The highest BCUT2D eigenvalue weighted by Gasteiger charge is 2.20. The number of aryl methyl sites for hydroxylation is 1. The Morgan fingerprint density at radius 1 is 1.11 bits per heavy atom. The first-order valence-electron chi connectivity index (χ1n) is 9.12. The number of hydrogen-bond donors (Lipinski definition) is 2. The van der Waals surface area contributed by atoms with Crippen molar-refractivity contribution in [1.82, 2.24) is 5.32 Å². The van der Waals surface area contributed by atoms with Crippen LogP contribution in [-0.4, -0.2) is 17.9 Å². The molecule has 1 aromatic heterocycles. The highest BCUT2D eigenvalue weighted by atomic mass is 35.5. The Morgan fingerprint density at radius 3 is 2.48 bits per heavy atom. The number of thiophene rings is 1. The Kier molecular flexibility index (Phi) is 6.50. The van der Waals surface area contributed by atoms with Crippen LogP contribution in [0, 0.1) is 12.7 Å². The molecule has 0 unspecified atom stereocenters. The van der Waals surface area contributed by atoms with Gasteiger partial charge < -0.3 is 10.6 Å². The van der Waals surface area contributed by atoms with Crippen LogP contribution >= 0.6 is 22.9 Å². The molecule has 2 amide bonds. The number of amides is 2. The van der Waals surface area contributed by atoms with Gasteiger partial charge in [0, 0.05) is 6.04 Å². The van der Waals surface area contributed by atoms with Gasteiger partial charge in [-0.2, -0.15) is 0 Å². The van der Waals surface area contributed by atoms with E-state index in [0.717, 1.165) is 37.3 Å². The number of nitrogens with one attached hydrogen (secondary N) is 2. The Bertz CT molecular complexity index is 845. The van der Waals surface area contributed by atoms with Crippen molar-refractivity contribution in [3.05, 3.63) is 51.1 Å². The van der Waals surface area contributed by atoms with Gasteiger partial charge >= 0.3 is 0 Å². The molecular formula is C20H22ClFN2O2S. The van der Waals surface area contributed by atoms with Gasteiger partial charge in [-0.15, -0.1) is 11.3 Å². The first-order chi connectivity index (χ1) is 12.9. The molecule has 0 bridgehead atoms. The maximum Gasteiger partial charge on any atom is 0.261 e. The number of anilines is 1. The topological polar surface area (TPSA) is 58.2 Å². The second kappa shape index (κ2) is 8.85. The molecule has 1 heterocycles. The van der Waals surface area contributed by atoms with Gasteiger partial charge in [-0.3, -0.25) is 9.59 Å². The quantitative estimate of drug-likeness (QED) is 0.651. The van der Waals surface area contributed by atoms with Gasteiger partial charge in [0.05, 0.1) is 20.5 Å². The molecule has 0 radical (unpaired) electrons. The lowest BCUT2D eigenvalue weighted by Gasteiger charge is -2.15. The largest absolute Gasteiger partial charge is 0.349 e. The molecule has 7 heteroatoms. The fourth-order valence-corrected chi connectivity index (χ4v) is 4.52. The molecule has 0 saturated heterocycles. The third-order valence-corrected chi connectivity index (χ3v) is 6.19. The third kappa shape index (κ3) is 5.08. The number of hydrogen-bond acceptors (Lipinski definition) is 3. The fourth-order valence-electron chi connectivity index (χ4n) is 3.30. The average Bonchev–Trinajstić information content (AvgIpc) is 2.80. The lowest BCUT2D eigenvalue weighted by atomic mass is 10.1. The van der Waals surface area contributed by atoms with Crippen LogP contribution in [0.2, 0.25) is 5.02 Å². The van der Waals surface area contributed by atoms with E-state index in [2.05, 4.69) is 10.6 Å². The van der Waals surface area contributed by atoms with E-state index in [4.69, 9.17) is 11.6 Å². The second-order valence-electron chi connectivity index (χ2n) is 6.86. The normalized spacial score (nSPS) is 15.2. The lowest BCUT2D eigenvalue weighted by Crippen LogP contribution is -2.34. The standard InChI is InChI=1S/C20H22ClFN2O2S/c1-12-10-17(24-19(25)15-9-8-13(22)11-16(15)21)27-18(12)20(26)23-14-6-4-2-3-5-7-14/h8-11,14H,2-7H2,1H3,(H,23,26)(H,24,25). The van der Waals surface area contributed by atoms with Crippen molar-refractivity contribution in [3.8, 4) is 0 Å². The third-order valence-electron chi connectivity index (χ3n) is 4.73. The van der Waals surface area contributed by atoms with Gasteiger partial charge in [0.2, 0.25) is 0 Å². The molecule has 1 aliphatic rings. The number of halogens is 2. The summed E-state index contributed by atoms with van der Waals surface area (Å²) < 4.78 is 13.1. The van der Waals surface area contributed by atoms with E-state index in [1.54, 1.807) is 6.07 Å². The lowest BCUT2D eigenvalue weighted by molar-refractivity contribution is 0.0936. The van der Waals surface area contributed by atoms with Crippen LogP contribution in [-0.2, 0) is 0 Å². The number of carbonyl (C=O) groups excluding carboxylic acids is 2. The molecule has 1 fully saturated rings. The SMILES string of the molecule is Cc1cc(NC(=O)c2ccc(F)cc2Cl)sc1C(=O)NC1CCCCCC1. The molecule has 1 aromatic carbocycles. The van der Waals surface area contributed by atoms with Crippen LogP contribution in [0.1, 0.15) is 64.1 Å². The van der Waals surface area contributed by atoms with Gasteiger partial charge in [-0.1, -0.05) is 37.3 Å². The van der Waals surface area contributed by atoms with E-state index >= 15 is 0 Å². The van der Waals surface area contributed by atoms with Crippen molar-refractivity contribution in [2.24, 2.45) is 0 Å². The van der Waals surface area contributed by atoms with E-state index in [-0.39, 0.29) is 22.5 Å². The monoisotopic (exact) mass is 408 g/mol. The Morgan fingerprint density at radius 2 is 1.81 bits per heavy atom. The van der Waals surface area contributed by atoms with Crippen molar-refractivity contribution in [2.75, 3.05) is 5.32 Å². The molecule has 1 aliphatic carbocycles. The molecule has 4 nitrogen and oxygen atoms in total. The zero-order valence-corrected chi connectivity index (χ0v) is 16.7. The maximum absolute atomic E-state index is 13.1. The zero-order valence-electron chi connectivity index (χ0n) is 15.1. The molecule has 144 valence electrons. The van der Waals surface area contributed by atoms with Gasteiger partial charge in [0.15, 0.2) is 0 Å². The van der Waals surface area contributed by atoms with Crippen LogP contribution < -0.4 is 10.6 Å². The predicted octanol–water partition coefficient (Wildman–Crippen LogP) is 5.55. The minimum Gasteiger partial charge on any atom is -0.349 e. The van der Waals surface area contributed by atoms with Gasteiger partial charge in [0.25, 0.3) is 11.8 Å². The van der Waals surface area contributed by atoms with E-state index < -0.39 is 11.7 Å². The summed E-state index contributed by atoms with van der Waals surface area (Å²) in [6.45, 7) is 1.85. The van der Waals surface area contributed by atoms with E-state index in [1.807, 2.05) is 6.92 Å². The Balaban J connectivity index is 1.68. The second-order valence-corrected chi connectivity index (χ2v) is 8.32.